The molecule has 1 fully saturated rings. The lowest BCUT2D eigenvalue weighted by Gasteiger charge is -2.32. The van der Waals surface area contributed by atoms with E-state index in [1.165, 1.54) is 22.3 Å². The fourth-order valence-electron chi connectivity index (χ4n) is 5.44. The van der Waals surface area contributed by atoms with Crippen LogP contribution in [-0.4, -0.2) is 53.7 Å². The van der Waals surface area contributed by atoms with Crippen LogP contribution in [0.3, 0.4) is 0 Å². The average molecular weight is 479 g/mol. The number of benzene rings is 2. The number of hydrogen-bond donors (Lipinski definition) is 2. The average Bonchev–Trinajstić information content (AvgIpc) is 3.18. The van der Waals surface area contributed by atoms with Crippen molar-refractivity contribution in [1.29, 1.82) is 0 Å². The second kappa shape index (κ2) is 11.4. The summed E-state index contributed by atoms with van der Waals surface area (Å²) in [5.74, 6) is -1.11. The number of carboxylic acids is 1. The van der Waals surface area contributed by atoms with Gasteiger partial charge in [-0.3, -0.25) is 9.59 Å². The normalized spacial score (nSPS) is 18.9. The predicted octanol–water partition coefficient (Wildman–Crippen LogP) is 4.80. The number of carbonyl (C=O) groups excluding carboxylic acids is 2. The van der Waals surface area contributed by atoms with Crippen LogP contribution in [0.25, 0.3) is 11.1 Å². The summed E-state index contributed by atoms with van der Waals surface area (Å²) in [6, 6.07) is 16.3. The summed E-state index contributed by atoms with van der Waals surface area (Å²) < 4.78 is 5.68. The number of carbonyl (C=O) groups is 3. The van der Waals surface area contributed by atoms with Gasteiger partial charge in [0.15, 0.2) is 0 Å². The monoisotopic (exact) mass is 478 g/mol. The van der Waals surface area contributed by atoms with Gasteiger partial charge in [-0.2, -0.15) is 0 Å². The molecule has 7 heteroatoms. The number of amides is 2. The van der Waals surface area contributed by atoms with Gasteiger partial charge in [-0.15, -0.1) is 0 Å². The first-order chi connectivity index (χ1) is 17.0. The molecule has 2 aromatic rings. The summed E-state index contributed by atoms with van der Waals surface area (Å²) in [4.78, 5) is 38.4. The van der Waals surface area contributed by atoms with Crippen LogP contribution in [0.5, 0.6) is 0 Å². The second-order valence-electron chi connectivity index (χ2n) is 9.50. The maximum atomic E-state index is 13.1. The third-order valence-corrected chi connectivity index (χ3v) is 7.09. The first kappa shape index (κ1) is 24.8. The molecule has 2 amide bonds. The molecule has 7 nitrogen and oxygen atoms in total. The molecule has 0 aliphatic heterocycles. The van der Waals surface area contributed by atoms with Gasteiger partial charge in [-0.25, -0.2) is 4.79 Å². The number of carboxylic acid groups (broad SMARTS) is 1. The summed E-state index contributed by atoms with van der Waals surface area (Å²) in [7, 11) is 0. The van der Waals surface area contributed by atoms with Crippen LogP contribution in [0.2, 0.25) is 0 Å². The van der Waals surface area contributed by atoms with E-state index >= 15 is 0 Å². The van der Waals surface area contributed by atoms with Crippen molar-refractivity contribution in [1.82, 2.24) is 10.2 Å². The highest BCUT2D eigenvalue weighted by Crippen LogP contribution is 2.44. The van der Waals surface area contributed by atoms with E-state index in [2.05, 4.69) is 29.6 Å². The molecule has 2 aromatic carbocycles. The van der Waals surface area contributed by atoms with Crippen LogP contribution >= 0.6 is 0 Å². The summed E-state index contributed by atoms with van der Waals surface area (Å²) in [6.45, 7) is 3.01. The number of fused-ring (bicyclic) bond motifs is 3. The van der Waals surface area contributed by atoms with E-state index in [0.29, 0.717) is 13.0 Å². The quantitative estimate of drug-likeness (QED) is 0.540. The molecule has 0 unspecified atom stereocenters. The van der Waals surface area contributed by atoms with Crippen molar-refractivity contribution >= 4 is 18.0 Å². The molecule has 0 aromatic heterocycles. The Kier molecular flexibility index (Phi) is 8.06. The lowest BCUT2D eigenvalue weighted by Crippen LogP contribution is -2.44. The summed E-state index contributed by atoms with van der Waals surface area (Å²) >= 11 is 0. The number of alkyl carbamates (subject to hydrolysis) is 1. The van der Waals surface area contributed by atoms with Gasteiger partial charge in [0.25, 0.3) is 0 Å². The van der Waals surface area contributed by atoms with Gasteiger partial charge in [0.2, 0.25) is 5.91 Å². The molecule has 2 aliphatic carbocycles. The van der Waals surface area contributed by atoms with Crippen LogP contribution in [0.1, 0.15) is 62.5 Å². The third kappa shape index (κ3) is 5.84. The van der Waals surface area contributed by atoms with E-state index in [4.69, 9.17) is 9.84 Å². The van der Waals surface area contributed by atoms with Crippen LogP contribution in [0.4, 0.5) is 4.79 Å². The molecule has 0 radical (unpaired) electrons. The summed E-state index contributed by atoms with van der Waals surface area (Å²) in [5, 5.41) is 12.0. The molecule has 2 aliphatic rings. The van der Waals surface area contributed by atoms with Gasteiger partial charge in [0.05, 0.1) is 6.42 Å². The first-order valence-corrected chi connectivity index (χ1v) is 12.6. The van der Waals surface area contributed by atoms with Gasteiger partial charge in [0.1, 0.15) is 6.61 Å². The minimum Gasteiger partial charge on any atom is -0.481 e. The Morgan fingerprint density at radius 3 is 2.29 bits per heavy atom. The van der Waals surface area contributed by atoms with Crippen molar-refractivity contribution in [3.05, 3.63) is 59.7 Å². The number of rotatable bonds is 9. The molecule has 1 saturated carbocycles. The molecule has 4 rings (SSSR count). The first-order valence-electron chi connectivity index (χ1n) is 12.6. The van der Waals surface area contributed by atoms with E-state index in [-0.39, 0.29) is 43.4 Å². The van der Waals surface area contributed by atoms with E-state index in [1.807, 2.05) is 31.2 Å². The maximum absolute atomic E-state index is 13.1. The van der Waals surface area contributed by atoms with Crippen molar-refractivity contribution < 1.29 is 24.2 Å². The molecule has 0 saturated heterocycles. The number of hydrogen-bond acceptors (Lipinski definition) is 4. The Bertz CT molecular complexity index is 1020. The predicted molar refractivity (Wildman–Crippen MR) is 133 cm³/mol. The lowest BCUT2D eigenvalue weighted by molar-refractivity contribution is -0.140. The Hall–Kier alpha value is -3.35. The standard InChI is InChI=1S/C28H34N2O5/c1-2-15-30(16-14-26(31)32)27(33)19-8-7-9-20(17-19)29-28(34)35-18-25-23-12-5-3-10-21(23)22-11-4-6-13-24(22)25/h3-6,10-13,19-20,25H,2,7-9,14-18H2,1H3,(H,29,34)(H,31,32)/t19-,20+/m1/s1. The van der Waals surface area contributed by atoms with Gasteiger partial charge >= 0.3 is 12.1 Å². The zero-order valence-electron chi connectivity index (χ0n) is 20.2. The topological polar surface area (TPSA) is 95.9 Å². The largest absolute Gasteiger partial charge is 0.481 e. The minimum absolute atomic E-state index is 0.00525. The van der Waals surface area contributed by atoms with E-state index < -0.39 is 12.1 Å². The SMILES string of the molecule is CCCN(CCC(=O)O)C(=O)[C@@H]1CCC[C@H](NC(=O)OCC2c3ccccc3-c3ccccc32)C1. The Morgan fingerprint density at radius 2 is 1.66 bits per heavy atom. The van der Waals surface area contributed by atoms with E-state index in [0.717, 1.165) is 25.7 Å². The fourth-order valence-corrected chi connectivity index (χ4v) is 5.44. The summed E-state index contributed by atoms with van der Waals surface area (Å²) in [6.07, 6.45) is 3.21. The van der Waals surface area contributed by atoms with Crippen molar-refractivity contribution in [3.63, 3.8) is 0 Å². The maximum Gasteiger partial charge on any atom is 0.407 e. The molecule has 0 heterocycles. The van der Waals surface area contributed by atoms with Crippen LogP contribution in [0.15, 0.2) is 48.5 Å². The second-order valence-corrected chi connectivity index (χ2v) is 9.50. The zero-order valence-corrected chi connectivity index (χ0v) is 20.2. The molecule has 0 bridgehead atoms. The molecule has 35 heavy (non-hydrogen) atoms. The molecule has 2 N–H and O–H groups in total. The van der Waals surface area contributed by atoms with Gasteiger partial charge < -0.3 is 20.1 Å². The Labute approximate surface area is 206 Å². The third-order valence-electron chi connectivity index (χ3n) is 7.09. The number of ether oxygens (including phenoxy) is 1. The van der Waals surface area contributed by atoms with Crippen LogP contribution < -0.4 is 5.32 Å². The van der Waals surface area contributed by atoms with Gasteiger partial charge in [-0.1, -0.05) is 61.9 Å². The number of nitrogens with zero attached hydrogens (tertiary/aromatic N) is 1. The van der Waals surface area contributed by atoms with Crippen molar-refractivity contribution in [2.75, 3.05) is 19.7 Å². The molecule has 0 spiro atoms. The van der Waals surface area contributed by atoms with Crippen molar-refractivity contribution in [3.8, 4) is 11.1 Å². The van der Waals surface area contributed by atoms with Gasteiger partial charge in [-0.05, 0) is 47.9 Å². The number of aliphatic carboxylic acids is 1. The minimum atomic E-state index is -0.905. The van der Waals surface area contributed by atoms with Crippen LogP contribution in [0, 0.1) is 5.92 Å². The molecular formula is C28H34N2O5. The molecular weight excluding hydrogens is 444 g/mol. The Morgan fingerprint density at radius 1 is 1.00 bits per heavy atom. The zero-order chi connectivity index (χ0) is 24.8. The van der Waals surface area contributed by atoms with Crippen LogP contribution in [-0.2, 0) is 14.3 Å². The number of nitrogens with one attached hydrogen (secondary N) is 1. The van der Waals surface area contributed by atoms with E-state index in [1.54, 1.807) is 4.90 Å². The Balaban J connectivity index is 1.32. The highest BCUT2D eigenvalue weighted by atomic mass is 16.5. The smallest absolute Gasteiger partial charge is 0.407 e. The fraction of sp³-hybridized carbons (Fsp3) is 0.464. The van der Waals surface area contributed by atoms with E-state index in [9.17, 15) is 14.4 Å². The van der Waals surface area contributed by atoms with Gasteiger partial charge in [0, 0.05) is 31.0 Å². The highest BCUT2D eigenvalue weighted by molar-refractivity contribution is 5.80. The van der Waals surface area contributed by atoms with Crippen molar-refractivity contribution in [2.45, 2.75) is 57.4 Å². The summed E-state index contributed by atoms with van der Waals surface area (Å²) in [5.41, 5.74) is 4.71. The van der Waals surface area contributed by atoms with Crippen molar-refractivity contribution in [2.24, 2.45) is 5.92 Å². The highest BCUT2D eigenvalue weighted by Gasteiger charge is 2.32. The lowest BCUT2D eigenvalue weighted by atomic mass is 9.84. The molecule has 2 atom stereocenters. The molecule has 186 valence electrons.